The molecule has 0 heterocycles. The Hall–Kier alpha value is -1.10. The predicted octanol–water partition coefficient (Wildman–Crippen LogP) is 2.50. The van der Waals surface area contributed by atoms with Crippen LogP contribution in [0, 0.1) is 17.3 Å². The van der Waals surface area contributed by atoms with E-state index < -0.39 is 41.2 Å². The van der Waals surface area contributed by atoms with Gasteiger partial charge in [-0.05, 0) is 38.8 Å². The topological polar surface area (TPSA) is 69.7 Å². The number of carbonyl (C=O) groups is 3. The predicted molar refractivity (Wildman–Crippen MR) is 70.3 cm³/mol. The maximum absolute atomic E-state index is 11.6. The van der Waals surface area contributed by atoms with Gasteiger partial charge in [0.2, 0.25) is 12.0 Å². The molecule has 0 rings (SSSR count). The van der Waals surface area contributed by atoms with Crippen LogP contribution in [-0.2, 0) is 23.9 Å². The smallest absolute Gasteiger partial charge is 0.314 e. The maximum Gasteiger partial charge on any atom is 0.314 e. The number of rotatable bonds is 6. The molecule has 2 atom stereocenters. The summed E-state index contributed by atoms with van der Waals surface area (Å²) in [5.41, 5.74) is -0.641. The van der Waals surface area contributed by atoms with Crippen LogP contribution < -0.4 is 0 Å². The van der Waals surface area contributed by atoms with E-state index in [1.54, 1.807) is 34.6 Å². The molecule has 0 fully saturated rings. The summed E-state index contributed by atoms with van der Waals surface area (Å²) in [6.07, 6.45) is 0.300. The van der Waals surface area contributed by atoms with Gasteiger partial charge in [0, 0.05) is 5.92 Å². The Labute approximate surface area is 118 Å². The van der Waals surface area contributed by atoms with Gasteiger partial charge in [-0.3, -0.25) is 14.4 Å². The summed E-state index contributed by atoms with van der Waals surface area (Å²) >= 11 is 5.31. The van der Waals surface area contributed by atoms with Crippen molar-refractivity contribution in [3.63, 3.8) is 0 Å². The number of hydrogen-bond donors (Lipinski definition) is 0. The third-order valence-corrected chi connectivity index (χ3v) is 2.87. The zero-order chi connectivity index (χ0) is 15.2. The van der Waals surface area contributed by atoms with Crippen molar-refractivity contribution in [2.24, 2.45) is 17.3 Å². The highest BCUT2D eigenvalue weighted by molar-refractivity contribution is 6.63. The van der Waals surface area contributed by atoms with E-state index in [0.717, 1.165) is 0 Å². The van der Waals surface area contributed by atoms with Crippen molar-refractivity contribution in [2.45, 2.75) is 41.0 Å². The Balaban J connectivity index is 4.05. The van der Waals surface area contributed by atoms with E-state index in [4.69, 9.17) is 21.1 Å². The zero-order valence-corrected chi connectivity index (χ0v) is 12.7. The first kappa shape index (κ1) is 17.9. The molecule has 0 radical (unpaired) electrons. The number of hydrogen-bond acceptors (Lipinski definition) is 5. The Bertz CT molecular complexity index is 345. The molecule has 0 spiro atoms. The van der Waals surface area contributed by atoms with Crippen molar-refractivity contribution >= 4 is 28.8 Å². The Morgan fingerprint density at radius 2 is 1.58 bits per heavy atom. The minimum absolute atomic E-state index is 0.300. The van der Waals surface area contributed by atoms with Gasteiger partial charge in [0.1, 0.15) is 0 Å². The first-order valence-electron chi connectivity index (χ1n) is 6.09. The van der Waals surface area contributed by atoms with E-state index in [2.05, 4.69) is 0 Å². The molecule has 0 saturated carbocycles. The number of carbonyl (C=O) groups excluding carboxylic acids is 3. The highest BCUT2D eigenvalue weighted by Crippen LogP contribution is 2.17. The fourth-order valence-electron chi connectivity index (χ4n) is 1.22. The van der Waals surface area contributed by atoms with Gasteiger partial charge >= 0.3 is 11.9 Å². The molecule has 0 amide bonds. The molecule has 0 N–H and O–H groups in total. The molecule has 0 bridgehead atoms. The van der Waals surface area contributed by atoms with E-state index in [9.17, 15) is 14.4 Å². The van der Waals surface area contributed by atoms with Gasteiger partial charge in [-0.1, -0.05) is 13.8 Å². The molecule has 0 aliphatic rings. The average molecular weight is 293 g/mol. The molecular formula is C13H21ClO5. The van der Waals surface area contributed by atoms with Crippen LogP contribution >= 0.6 is 11.6 Å². The molecular weight excluding hydrogens is 272 g/mol. The SMILES string of the molecule is CC(CC(C)C(=O)OCOC(=O)C(C)(C)C)C(=O)Cl. The standard InChI is InChI=1S/C13H21ClO5/c1-8(10(14)15)6-9(2)11(16)18-7-19-12(17)13(3,4)5/h8-9H,6-7H2,1-5H3. The lowest BCUT2D eigenvalue weighted by Gasteiger charge is -2.17. The second-order valence-electron chi connectivity index (χ2n) is 5.60. The van der Waals surface area contributed by atoms with Crippen LogP contribution in [0.2, 0.25) is 0 Å². The van der Waals surface area contributed by atoms with Crippen molar-refractivity contribution in [2.75, 3.05) is 6.79 Å². The third kappa shape index (κ3) is 7.15. The summed E-state index contributed by atoms with van der Waals surface area (Å²) in [6.45, 7) is 7.96. The minimum Gasteiger partial charge on any atom is -0.428 e. The molecule has 6 heteroatoms. The Morgan fingerprint density at radius 3 is 2.00 bits per heavy atom. The van der Waals surface area contributed by atoms with Crippen molar-refractivity contribution in [3.8, 4) is 0 Å². The molecule has 5 nitrogen and oxygen atoms in total. The van der Waals surface area contributed by atoms with Crippen LogP contribution in [-0.4, -0.2) is 24.0 Å². The molecule has 0 aliphatic heterocycles. The van der Waals surface area contributed by atoms with Crippen LogP contribution in [0.3, 0.4) is 0 Å². The fourth-order valence-corrected chi connectivity index (χ4v) is 1.31. The highest BCUT2D eigenvalue weighted by atomic mass is 35.5. The lowest BCUT2D eigenvalue weighted by atomic mass is 9.98. The van der Waals surface area contributed by atoms with Gasteiger partial charge in [0.15, 0.2) is 0 Å². The van der Waals surface area contributed by atoms with Crippen molar-refractivity contribution in [1.82, 2.24) is 0 Å². The first-order valence-corrected chi connectivity index (χ1v) is 6.46. The second-order valence-corrected chi connectivity index (χ2v) is 5.98. The Morgan fingerprint density at radius 1 is 1.05 bits per heavy atom. The van der Waals surface area contributed by atoms with Gasteiger partial charge in [-0.2, -0.15) is 0 Å². The lowest BCUT2D eigenvalue weighted by molar-refractivity contribution is -0.175. The van der Waals surface area contributed by atoms with Gasteiger partial charge in [0.05, 0.1) is 11.3 Å². The molecule has 2 unspecified atom stereocenters. The summed E-state index contributed by atoms with van der Waals surface area (Å²) in [5, 5.41) is -0.487. The summed E-state index contributed by atoms with van der Waals surface area (Å²) in [4.78, 5) is 33.8. The van der Waals surface area contributed by atoms with E-state index in [0.29, 0.717) is 6.42 Å². The van der Waals surface area contributed by atoms with Gasteiger partial charge in [-0.25, -0.2) is 0 Å². The fraction of sp³-hybridized carbons (Fsp3) is 0.769. The zero-order valence-electron chi connectivity index (χ0n) is 12.0. The van der Waals surface area contributed by atoms with Crippen LogP contribution in [0.1, 0.15) is 41.0 Å². The van der Waals surface area contributed by atoms with E-state index in [-0.39, 0.29) is 0 Å². The summed E-state index contributed by atoms with van der Waals surface area (Å²) in [6, 6.07) is 0. The summed E-state index contributed by atoms with van der Waals surface area (Å²) in [5.74, 6) is -1.86. The molecule has 0 aromatic heterocycles. The lowest BCUT2D eigenvalue weighted by Crippen LogP contribution is -2.26. The molecule has 0 saturated heterocycles. The third-order valence-electron chi connectivity index (χ3n) is 2.50. The summed E-state index contributed by atoms with van der Waals surface area (Å²) < 4.78 is 9.62. The molecule has 0 aliphatic carbocycles. The molecule has 110 valence electrons. The number of halogens is 1. The monoisotopic (exact) mass is 292 g/mol. The van der Waals surface area contributed by atoms with Crippen LogP contribution in [0.15, 0.2) is 0 Å². The van der Waals surface area contributed by atoms with Gasteiger partial charge in [-0.15, -0.1) is 0 Å². The average Bonchev–Trinajstić information content (AvgIpc) is 2.26. The molecule has 0 aromatic rings. The van der Waals surface area contributed by atoms with Crippen molar-refractivity contribution in [1.29, 1.82) is 0 Å². The Kier molecular flexibility index (Phi) is 7.05. The van der Waals surface area contributed by atoms with Crippen LogP contribution in [0.25, 0.3) is 0 Å². The van der Waals surface area contributed by atoms with Gasteiger partial charge < -0.3 is 9.47 Å². The van der Waals surface area contributed by atoms with Crippen LogP contribution in [0.4, 0.5) is 0 Å². The molecule has 19 heavy (non-hydrogen) atoms. The summed E-state index contributed by atoms with van der Waals surface area (Å²) in [7, 11) is 0. The second kappa shape index (κ2) is 7.48. The van der Waals surface area contributed by atoms with E-state index in [1.165, 1.54) is 0 Å². The maximum atomic E-state index is 11.6. The number of ether oxygens (including phenoxy) is 2. The number of esters is 2. The van der Waals surface area contributed by atoms with Crippen molar-refractivity contribution in [3.05, 3.63) is 0 Å². The van der Waals surface area contributed by atoms with Crippen LogP contribution in [0.5, 0.6) is 0 Å². The van der Waals surface area contributed by atoms with Crippen molar-refractivity contribution < 1.29 is 23.9 Å². The first-order chi connectivity index (χ1) is 8.55. The minimum atomic E-state index is -0.641. The quantitative estimate of drug-likeness (QED) is 0.427. The largest absolute Gasteiger partial charge is 0.428 e. The normalized spacial score (nSPS) is 14.4. The van der Waals surface area contributed by atoms with E-state index >= 15 is 0 Å². The van der Waals surface area contributed by atoms with E-state index in [1.807, 2.05) is 0 Å². The van der Waals surface area contributed by atoms with Gasteiger partial charge in [0.25, 0.3) is 0 Å². The highest BCUT2D eigenvalue weighted by Gasteiger charge is 2.24. The molecule has 0 aromatic carbocycles.